The number of amides is 1. The zero-order valence-corrected chi connectivity index (χ0v) is 11.7. The molecule has 20 heavy (non-hydrogen) atoms. The summed E-state index contributed by atoms with van der Waals surface area (Å²) in [5.74, 6) is -0.157. The van der Waals surface area contributed by atoms with Crippen LogP contribution in [0.25, 0.3) is 10.9 Å². The Morgan fingerprint density at radius 3 is 2.70 bits per heavy atom. The van der Waals surface area contributed by atoms with Gasteiger partial charge in [0.2, 0.25) is 0 Å². The molecular formula is C16H13ClN2O. The van der Waals surface area contributed by atoms with Gasteiger partial charge in [0, 0.05) is 29.7 Å². The number of para-hydroxylation sites is 1. The number of hydrogen-bond donors (Lipinski definition) is 1. The lowest BCUT2D eigenvalue weighted by atomic mass is 10.1. The highest BCUT2D eigenvalue weighted by Crippen LogP contribution is 2.24. The van der Waals surface area contributed by atoms with Gasteiger partial charge in [-0.1, -0.05) is 29.8 Å². The third-order valence-electron chi connectivity index (χ3n) is 3.29. The Morgan fingerprint density at radius 2 is 1.90 bits per heavy atom. The average molecular weight is 285 g/mol. The molecule has 2 aromatic carbocycles. The van der Waals surface area contributed by atoms with Crippen LogP contribution in [0.4, 0.5) is 5.69 Å². The van der Waals surface area contributed by atoms with E-state index in [4.69, 9.17) is 11.6 Å². The highest BCUT2D eigenvalue weighted by atomic mass is 35.5. The summed E-state index contributed by atoms with van der Waals surface area (Å²) in [5.41, 5.74) is 2.28. The maximum absolute atomic E-state index is 12.4. The summed E-state index contributed by atoms with van der Waals surface area (Å²) < 4.78 is 1.99. The second-order valence-corrected chi connectivity index (χ2v) is 5.01. The smallest absolute Gasteiger partial charge is 0.256 e. The van der Waals surface area contributed by atoms with Gasteiger partial charge >= 0.3 is 0 Å². The zero-order chi connectivity index (χ0) is 14.1. The molecule has 0 aliphatic rings. The molecule has 1 heterocycles. The second kappa shape index (κ2) is 5.02. The van der Waals surface area contributed by atoms with Gasteiger partial charge in [0.15, 0.2) is 0 Å². The number of nitrogens with one attached hydrogen (secondary N) is 1. The molecule has 3 aromatic rings. The minimum atomic E-state index is -0.157. The van der Waals surface area contributed by atoms with Crippen molar-refractivity contribution in [3.05, 3.63) is 65.3 Å². The van der Waals surface area contributed by atoms with Crippen LogP contribution in [0.1, 0.15) is 10.4 Å². The topological polar surface area (TPSA) is 34.0 Å². The van der Waals surface area contributed by atoms with E-state index in [1.54, 1.807) is 12.1 Å². The third kappa shape index (κ3) is 2.17. The molecule has 0 spiro atoms. The number of anilines is 1. The van der Waals surface area contributed by atoms with Crippen LogP contribution in [0.15, 0.2) is 54.7 Å². The zero-order valence-electron chi connectivity index (χ0n) is 10.9. The van der Waals surface area contributed by atoms with E-state index < -0.39 is 0 Å². The summed E-state index contributed by atoms with van der Waals surface area (Å²) in [7, 11) is 1.96. The van der Waals surface area contributed by atoms with Gasteiger partial charge in [-0.2, -0.15) is 0 Å². The van der Waals surface area contributed by atoms with Gasteiger partial charge in [-0.25, -0.2) is 0 Å². The minimum absolute atomic E-state index is 0.157. The number of benzene rings is 2. The first kappa shape index (κ1) is 12.8. The molecule has 0 aliphatic heterocycles. The normalized spacial score (nSPS) is 10.7. The number of nitrogens with zero attached hydrogens (tertiary/aromatic N) is 1. The van der Waals surface area contributed by atoms with E-state index >= 15 is 0 Å². The SMILES string of the molecule is Cn1ccc2c(C(=O)Nc3ccccc3Cl)cccc21. The number of carbonyl (C=O) groups excluding carboxylic acids is 1. The molecule has 0 saturated carbocycles. The molecule has 100 valence electrons. The quantitative estimate of drug-likeness (QED) is 0.756. The van der Waals surface area contributed by atoms with Crippen LogP contribution in [0, 0.1) is 0 Å². The summed E-state index contributed by atoms with van der Waals surface area (Å²) in [4.78, 5) is 12.4. The maximum atomic E-state index is 12.4. The summed E-state index contributed by atoms with van der Waals surface area (Å²) >= 11 is 6.06. The van der Waals surface area contributed by atoms with E-state index in [0.717, 1.165) is 10.9 Å². The molecule has 0 aliphatic carbocycles. The van der Waals surface area contributed by atoms with E-state index in [1.165, 1.54) is 0 Å². The maximum Gasteiger partial charge on any atom is 0.256 e. The largest absolute Gasteiger partial charge is 0.351 e. The molecule has 4 heteroatoms. The molecule has 0 bridgehead atoms. The molecule has 3 rings (SSSR count). The van der Waals surface area contributed by atoms with E-state index in [-0.39, 0.29) is 5.91 Å². The predicted molar refractivity (Wildman–Crippen MR) is 82.3 cm³/mol. The van der Waals surface area contributed by atoms with Crippen molar-refractivity contribution in [2.75, 3.05) is 5.32 Å². The number of carbonyl (C=O) groups is 1. The number of rotatable bonds is 2. The minimum Gasteiger partial charge on any atom is -0.351 e. The standard InChI is InChI=1S/C16H13ClN2O/c1-19-10-9-11-12(5-4-8-15(11)19)16(20)18-14-7-3-2-6-13(14)17/h2-10H,1H3,(H,18,20). The average Bonchev–Trinajstić information content (AvgIpc) is 2.83. The Morgan fingerprint density at radius 1 is 1.10 bits per heavy atom. The molecule has 0 saturated heterocycles. The van der Waals surface area contributed by atoms with Crippen LogP contribution >= 0.6 is 11.6 Å². The fourth-order valence-corrected chi connectivity index (χ4v) is 2.44. The van der Waals surface area contributed by atoms with Gasteiger partial charge in [0.25, 0.3) is 5.91 Å². The van der Waals surface area contributed by atoms with E-state index in [2.05, 4.69) is 5.32 Å². The van der Waals surface area contributed by atoms with Crippen molar-refractivity contribution in [1.29, 1.82) is 0 Å². The van der Waals surface area contributed by atoms with Crippen LogP contribution < -0.4 is 5.32 Å². The lowest BCUT2D eigenvalue weighted by Gasteiger charge is -2.08. The number of aromatic nitrogens is 1. The molecule has 1 aromatic heterocycles. The van der Waals surface area contributed by atoms with Crippen LogP contribution in [0.5, 0.6) is 0 Å². The number of halogens is 1. The molecule has 3 nitrogen and oxygen atoms in total. The van der Waals surface area contributed by atoms with Gasteiger partial charge in [-0.3, -0.25) is 4.79 Å². The highest BCUT2D eigenvalue weighted by molar-refractivity contribution is 6.34. The van der Waals surface area contributed by atoms with E-state index in [0.29, 0.717) is 16.3 Å². The Balaban J connectivity index is 1.99. The van der Waals surface area contributed by atoms with Gasteiger partial charge in [0.1, 0.15) is 0 Å². The van der Waals surface area contributed by atoms with Gasteiger partial charge in [-0.15, -0.1) is 0 Å². The first-order valence-corrected chi connectivity index (χ1v) is 6.64. The molecular weight excluding hydrogens is 272 g/mol. The van der Waals surface area contributed by atoms with Crippen LogP contribution in [0.2, 0.25) is 5.02 Å². The lowest BCUT2D eigenvalue weighted by molar-refractivity contribution is 0.102. The monoisotopic (exact) mass is 284 g/mol. The molecule has 0 unspecified atom stereocenters. The predicted octanol–water partition coefficient (Wildman–Crippen LogP) is 4.08. The molecule has 0 fully saturated rings. The van der Waals surface area contributed by atoms with Crippen molar-refractivity contribution in [3.8, 4) is 0 Å². The van der Waals surface area contributed by atoms with E-state index in [9.17, 15) is 4.79 Å². The number of aryl methyl sites for hydroxylation is 1. The van der Waals surface area contributed by atoms with Gasteiger partial charge in [-0.05, 0) is 30.3 Å². The van der Waals surface area contributed by atoms with Gasteiger partial charge < -0.3 is 9.88 Å². The van der Waals surface area contributed by atoms with Crippen molar-refractivity contribution in [2.45, 2.75) is 0 Å². The van der Waals surface area contributed by atoms with Crippen molar-refractivity contribution < 1.29 is 4.79 Å². The second-order valence-electron chi connectivity index (χ2n) is 4.60. The highest BCUT2D eigenvalue weighted by Gasteiger charge is 2.12. The van der Waals surface area contributed by atoms with Crippen molar-refractivity contribution >= 4 is 34.1 Å². The van der Waals surface area contributed by atoms with Crippen LogP contribution in [-0.4, -0.2) is 10.5 Å². The number of fused-ring (bicyclic) bond motifs is 1. The van der Waals surface area contributed by atoms with Gasteiger partial charge in [0.05, 0.1) is 10.7 Å². The summed E-state index contributed by atoms with van der Waals surface area (Å²) in [6.45, 7) is 0. The Labute approximate surface area is 121 Å². The third-order valence-corrected chi connectivity index (χ3v) is 3.62. The summed E-state index contributed by atoms with van der Waals surface area (Å²) in [6.07, 6.45) is 1.94. The lowest BCUT2D eigenvalue weighted by Crippen LogP contribution is -2.12. The fraction of sp³-hybridized carbons (Fsp3) is 0.0625. The molecule has 0 radical (unpaired) electrons. The van der Waals surface area contributed by atoms with Crippen LogP contribution in [-0.2, 0) is 7.05 Å². The Bertz CT molecular complexity index is 792. The fourth-order valence-electron chi connectivity index (χ4n) is 2.25. The van der Waals surface area contributed by atoms with Crippen molar-refractivity contribution in [1.82, 2.24) is 4.57 Å². The summed E-state index contributed by atoms with van der Waals surface area (Å²) in [6, 6.07) is 14.8. The number of hydrogen-bond acceptors (Lipinski definition) is 1. The van der Waals surface area contributed by atoms with E-state index in [1.807, 2.05) is 54.2 Å². The molecule has 1 amide bonds. The Kier molecular flexibility index (Phi) is 3.20. The summed E-state index contributed by atoms with van der Waals surface area (Å²) in [5, 5.41) is 4.31. The Hall–Kier alpha value is -2.26. The first-order chi connectivity index (χ1) is 9.66. The first-order valence-electron chi connectivity index (χ1n) is 6.27. The van der Waals surface area contributed by atoms with Crippen molar-refractivity contribution in [2.24, 2.45) is 7.05 Å². The molecule has 0 atom stereocenters. The van der Waals surface area contributed by atoms with Crippen molar-refractivity contribution in [3.63, 3.8) is 0 Å². The molecule has 1 N–H and O–H groups in total. The van der Waals surface area contributed by atoms with Crippen LogP contribution in [0.3, 0.4) is 0 Å².